The van der Waals surface area contributed by atoms with Gasteiger partial charge in [-0.15, -0.1) is 0 Å². The summed E-state index contributed by atoms with van der Waals surface area (Å²) in [5, 5.41) is 10.1. The van der Waals surface area contributed by atoms with Gasteiger partial charge in [0.25, 0.3) is 5.88 Å². The minimum Gasteiger partial charge on any atom is -0.502 e. The average Bonchev–Trinajstić information content (AvgIpc) is 2.78. The van der Waals surface area contributed by atoms with Gasteiger partial charge in [-0.25, -0.2) is 21.9 Å². The number of nitrogens with one attached hydrogen (secondary N) is 1. The van der Waals surface area contributed by atoms with Crippen LogP contribution in [0.1, 0.15) is 13.8 Å². The van der Waals surface area contributed by atoms with Gasteiger partial charge in [-0.2, -0.15) is 0 Å². The molecule has 2 aromatic rings. The van der Waals surface area contributed by atoms with Crippen molar-refractivity contribution in [2.24, 2.45) is 0 Å². The Kier molecular flexibility index (Phi) is 4.78. The first-order valence-electron chi connectivity index (χ1n) is 6.64. The molecule has 0 bridgehead atoms. The fourth-order valence-corrected chi connectivity index (χ4v) is 2.32. The van der Waals surface area contributed by atoms with E-state index in [4.69, 9.17) is 9.15 Å². The van der Waals surface area contributed by atoms with Crippen LogP contribution in [0, 0.1) is 11.6 Å². The number of benzene rings is 1. The standard InChI is InChI=1S/C14H13F2NO6S/c1-3-24(20,21)17-14-13(22-7(2)18)11(19)12(23-14)8-4-5-9(15)10(16)6-8/h4-6,17,19H,3H2,1-2H3. The van der Waals surface area contributed by atoms with Crippen LogP contribution in [0.25, 0.3) is 11.3 Å². The summed E-state index contributed by atoms with van der Waals surface area (Å²) in [7, 11) is -3.81. The molecule has 0 unspecified atom stereocenters. The molecule has 2 rings (SSSR count). The highest BCUT2D eigenvalue weighted by atomic mass is 32.2. The van der Waals surface area contributed by atoms with E-state index in [1.54, 1.807) is 0 Å². The molecular formula is C14H13F2NO6S. The van der Waals surface area contributed by atoms with Crippen LogP contribution >= 0.6 is 0 Å². The normalized spacial score (nSPS) is 11.3. The SMILES string of the molecule is CCS(=O)(=O)Nc1oc(-c2ccc(F)c(F)c2)c(O)c1OC(C)=O. The van der Waals surface area contributed by atoms with Crippen LogP contribution in [0.2, 0.25) is 0 Å². The molecule has 0 spiro atoms. The van der Waals surface area contributed by atoms with Gasteiger partial charge in [0.1, 0.15) is 0 Å². The molecule has 2 N–H and O–H groups in total. The molecule has 1 aromatic heterocycles. The zero-order valence-corrected chi connectivity index (χ0v) is 13.4. The molecule has 0 aliphatic rings. The first kappa shape index (κ1) is 17.7. The summed E-state index contributed by atoms with van der Waals surface area (Å²) in [6, 6.07) is 2.64. The van der Waals surface area contributed by atoms with Crippen LogP contribution in [-0.4, -0.2) is 25.2 Å². The van der Waals surface area contributed by atoms with Gasteiger partial charge in [0.15, 0.2) is 17.4 Å². The van der Waals surface area contributed by atoms with Crippen molar-refractivity contribution in [1.29, 1.82) is 0 Å². The molecule has 130 valence electrons. The highest BCUT2D eigenvalue weighted by Crippen LogP contribution is 2.46. The second-order valence-corrected chi connectivity index (χ2v) is 6.68. The van der Waals surface area contributed by atoms with E-state index in [0.29, 0.717) is 0 Å². The number of anilines is 1. The van der Waals surface area contributed by atoms with Crippen molar-refractivity contribution in [2.45, 2.75) is 13.8 Å². The van der Waals surface area contributed by atoms with E-state index in [1.807, 2.05) is 4.72 Å². The molecule has 0 aliphatic carbocycles. The summed E-state index contributed by atoms with van der Waals surface area (Å²) in [5.41, 5.74) is -0.0817. The summed E-state index contributed by atoms with van der Waals surface area (Å²) in [6.07, 6.45) is 0. The number of carbonyl (C=O) groups is 1. The van der Waals surface area contributed by atoms with E-state index in [1.165, 1.54) is 6.92 Å². The third-order valence-corrected chi connectivity index (χ3v) is 4.15. The Morgan fingerprint density at radius 1 is 1.33 bits per heavy atom. The topological polar surface area (TPSA) is 106 Å². The third-order valence-electron chi connectivity index (χ3n) is 2.90. The van der Waals surface area contributed by atoms with Crippen LogP contribution in [0.5, 0.6) is 11.5 Å². The molecule has 0 atom stereocenters. The number of hydrogen-bond donors (Lipinski definition) is 2. The number of esters is 1. The molecule has 0 saturated carbocycles. The second-order valence-electron chi connectivity index (χ2n) is 4.67. The number of furan rings is 1. The minimum absolute atomic E-state index is 0.0817. The van der Waals surface area contributed by atoms with Gasteiger partial charge in [0.05, 0.1) is 5.75 Å². The van der Waals surface area contributed by atoms with E-state index >= 15 is 0 Å². The smallest absolute Gasteiger partial charge is 0.308 e. The quantitative estimate of drug-likeness (QED) is 0.793. The van der Waals surface area contributed by atoms with Gasteiger partial charge in [0.2, 0.25) is 21.5 Å². The number of hydrogen-bond acceptors (Lipinski definition) is 6. The molecular weight excluding hydrogens is 348 g/mol. The van der Waals surface area contributed by atoms with Gasteiger partial charge in [-0.1, -0.05) is 0 Å². The van der Waals surface area contributed by atoms with E-state index in [9.17, 15) is 27.1 Å². The van der Waals surface area contributed by atoms with Crippen molar-refractivity contribution < 1.29 is 36.3 Å². The maximum atomic E-state index is 13.3. The predicted molar refractivity (Wildman–Crippen MR) is 80.1 cm³/mol. The molecule has 0 radical (unpaired) electrons. The number of aromatic hydroxyl groups is 1. The molecule has 7 nitrogen and oxygen atoms in total. The largest absolute Gasteiger partial charge is 0.502 e. The Hall–Kier alpha value is -2.62. The maximum Gasteiger partial charge on any atom is 0.308 e. The molecule has 1 aromatic carbocycles. The van der Waals surface area contributed by atoms with E-state index < -0.39 is 45.0 Å². The summed E-state index contributed by atoms with van der Waals surface area (Å²) in [6.45, 7) is 2.38. The van der Waals surface area contributed by atoms with Crippen molar-refractivity contribution in [3.05, 3.63) is 29.8 Å². The van der Waals surface area contributed by atoms with Crippen molar-refractivity contribution in [3.8, 4) is 22.8 Å². The van der Waals surface area contributed by atoms with Crippen LogP contribution < -0.4 is 9.46 Å². The summed E-state index contributed by atoms with van der Waals surface area (Å²) in [4.78, 5) is 11.1. The second kappa shape index (κ2) is 6.48. The number of halogens is 2. The van der Waals surface area contributed by atoms with Crippen molar-refractivity contribution in [3.63, 3.8) is 0 Å². The number of ether oxygens (including phenoxy) is 1. The number of carbonyl (C=O) groups excluding carboxylic acids is 1. The van der Waals surface area contributed by atoms with Crippen LogP contribution in [0.3, 0.4) is 0 Å². The molecule has 10 heteroatoms. The van der Waals surface area contributed by atoms with Crippen LogP contribution in [0.15, 0.2) is 22.6 Å². The lowest BCUT2D eigenvalue weighted by Crippen LogP contribution is -2.15. The first-order valence-corrected chi connectivity index (χ1v) is 8.30. The molecule has 0 saturated heterocycles. The van der Waals surface area contributed by atoms with Gasteiger partial charge < -0.3 is 14.3 Å². The Balaban J connectivity index is 2.59. The van der Waals surface area contributed by atoms with E-state index in [0.717, 1.165) is 25.1 Å². The molecule has 0 fully saturated rings. The van der Waals surface area contributed by atoms with Crippen molar-refractivity contribution in [2.75, 3.05) is 10.5 Å². The summed E-state index contributed by atoms with van der Waals surface area (Å²) >= 11 is 0. The zero-order valence-electron chi connectivity index (χ0n) is 12.6. The molecule has 1 heterocycles. The Labute approximate surface area is 135 Å². The fourth-order valence-electron chi connectivity index (χ4n) is 1.76. The summed E-state index contributed by atoms with van der Waals surface area (Å²) < 4.78 is 61.6. The Morgan fingerprint density at radius 3 is 2.54 bits per heavy atom. The third kappa shape index (κ3) is 3.65. The van der Waals surface area contributed by atoms with Crippen LogP contribution in [-0.2, 0) is 14.8 Å². The first-order chi connectivity index (χ1) is 11.1. The molecule has 0 amide bonds. The minimum atomic E-state index is -3.81. The Morgan fingerprint density at radius 2 is 2.00 bits per heavy atom. The van der Waals surface area contributed by atoms with Gasteiger partial charge in [-0.05, 0) is 25.1 Å². The zero-order chi connectivity index (χ0) is 18.1. The maximum absolute atomic E-state index is 13.3. The fraction of sp³-hybridized carbons (Fsp3) is 0.214. The highest BCUT2D eigenvalue weighted by Gasteiger charge is 2.27. The van der Waals surface area contributed by atoms with E-state index in [-0.39, 0.29) is 17.1 Å². The van der Waals surface area contributed by atoms with Gasteiger partial charge in [0, 0.05) is 12.5 Å². The van der Waals surface area contributed by atoms with Crippen molar-refractivity contribution >= 4 is 21.9 Å². The lowest BCUT2D eigenvalue weighted by Gasteiger charge is -2.04. The molecule has 0 aliphatic heterocycles. The monoisotopic (exact) mass is 361 g/mol. The van der Waals surface area contributed by atoms with Gasteiger partial charge >= 0.3 is 5.97 Å². The lowest BCUT2D eigenvalue weighted by atomic mass is 10.1. The number of rotatable bonds is 5. The van der Waals surface area contributed by atoms with Gasteiger partial charge in [-0.3, -0.25) is 4.79 Å². The summed E-state index contributed by atoms with van der Waals surface area (Å²) in [5.74, 6) is -5.72. The lowest BCUT2D eigenvalue weighted by molar-refractivity contribution is -0.131. The predicted octanol–water partition coefficient (Wildman–Crippen LogP) is 2.62. The van der Waals surface area contributed by atoms with Crippen LogP contribution in [0.4, 0.5) is 14.7 Å². The highest BCUT2D eigenvalue weighted by molar-refractivity contribution is 7.92. The van der Waals surface area contributed by atoms with E-state index in [2.05, 4.69) is 0 Å². The number of sulfonamides is 1. The average molecular weight is 361 g/mol. The van der Waals surface area contributed by atoms with Crippen molar-refractivity contribution in [1.82, 2.24) is 0 Å². The molecule has 24 heavy (non-hydrogen) atoms. The Bertz CT molecular complexity index is 891.